The Labute approximate surface area is 195 Å². The molecule has 3 N–H and O–H groups in total. The summed E-state index contributed by atoms with van der Waals surface area (Å²) in [5.41, 5.74) is 2.66. The van der Waals surface area contributed by atoms with Crippen molar-refractivity contribution < 1.29 is 18.7 Å². The number of halogens is 2. The van der Waals surface area contributed by atoms with Crippen LogP contribution in [0.4, 0.5) is 8.78 Å². The van der Waals surface area contributed by atoms with Gasteiger partial charge in [0.25, 0.3) is 0 Å². The SMILES string of the molecule is CC(=O)N[C@@H](Cc1cc(F)cc(F)c1)[C@@H](O)CNC1(c2cccc(C(C)C)c2)CCCCC1. The van der Waals surface area contributed by atoms with Gasteiger partial charge in [0, 0.05) is 25.1 Å². The smallest absolute Gasteiger partial charge is 0.217 e. The maximum absolute atomic E-state index is 13.7. The highest BCUT2D eigenvalue weighted by Crippen LogP contribution is 2.38. The number of rotatable bonds is 9. The standard InChI is InChI=1S/C27H36F2N2O2/c1-18(2)21-8-7-9-22(15-21)27(10-5-4-6-11-27)30-17-26(33)25(31-19(3)32)14-20-12-23(28)16-24(29)13-20/h7-9,12-13,15-16,18,25-26,30,33H,4-6,10-11,14,17H2,1-3H3,(H,31,32)/t25-,26-/m0/s1. The van der Waals surface area contributed by atoms with E-state index < -0.39 is 23.8 Å². The summed E-state index contributed by atoms with van der Waals surface area (Å²) in [4.78, 5) is 11.8. The molecule has 2 atom stereocenters. The molecule has 1 amide bonds. The summed E-state index contributed by atoms with van der Waals surface area (Å²) in [5.74, 6) is -1.23. The van der Waals surface area contributed by atoms with E-state index >= 15 is 0 Å². The lowest BCUT2D eigenvalue weighted by molar-refractivity contribution is -0.120. The fourth-order valence-electron chi connectivity index (χ4n) is 4.89. The number of aliphatic hydroxyl groups excluding tert-OH is 1. The Hall–Kier alpha value is -2.31. The molecule has 4 nitrogen and oxygen atoms in total. The van der Waals surface area contributed by atoms with Crippen molar-refractivity contribution in [2.45, 2.75) is 82.9 Å². The van der Waals surface area contributed by atoms with E-state index in [1.165, 1.54) is 36.6 Å². The molecule has 1 saturated carbocycles. The molecule has 0 bridgehead atoms. The number of carbonyl (C=O) groups is 1. The second-order valence-corrected chi connectivity index (χ2v) is 9.66. The van der Waals surface area contributed by atoms with E-state index in [1.807, 2.05) is 0 Å². The topological polar surface area (TPSA) is 61.4 Å². The van der Waals surface area contributed by atoms with E-state index in [1.54, 1.807) is 0 Å². The summed E-state index contributed by atoms with van der Waals surface area (Å²) in [6, 6.07) is 11.3. The van der Waals surface area contributed by atoms with Gasteiger partial charge in [-0.3, -0.25) is 4.79 Å². The molecule has 3 rings (SSSR count). The molecule has 0 radical (unpaired) electrons. The molecule has 0 unspecified atom stereocenters. The number of amides is 1. The Morgan fingerprint density at radius 1 is 1.06 bits per heavy atom. The van der Waals surface area contributed by atoms with E-state index in [0.29, 0.717) is 11.5 Å². The molecule has 33 heavy (non-hydrogen) atoms. The summed E-state index contributed by atoms with van der Waals surface area (Å²) < 4.78 is 27.3. The predicted octanol–water partition coefficient (Wildman–Crippen LogP) is 4.95. The van der Waals surface area contributed by atoms with Crippen LogP contribution in [0.3, 0.4) is 0 Å². The van der Waals surface area contributed by atoms with Crippen LogP contribution < -0.4 is 10.6 Å². The van der Waals surface area contributed by atoms with Gasteiger partial charge in [0.05, 0.1) is 12.1 Å². The van der Waals surface area contributed by atoms with Crippen molar-refractivity contribution >= 4 is 5.91 Å². The number of carbonyl (C=O) groups excluding carboxylic acids is 1. The maximum Gasteiger partial charge on any atom is 0.217 e. The Balaban J connectivity index is 1.78. The first-order valence-electron chi connectivity index (χ1n) is 11.9. The fourth-order valence-corrected chi connectivity index (χ4v) is 4.89. The van der Waals surface area contributed by atoms with Crippen LogP contribution in [0.5, 0.6) is 0 Å². The molecule has 1 aliphatic carbocycles. The van der Waals surface area contributed by atoms with Gasteiger partial charge in [-0.15, -0.1) is 0 Å². The largest absolute Gasteiger partial charge is 0.390 e. The Kier molecular flexibility index (Phi) is 8.60. The van der Waals surface area contributed by atoms with Gasteiger partial charge in [0.15, 0.2) is 0 Å². The quantitative estimate of drug-likeness (QED) is 0.499. The molecule has 0 spiro atoms. The lowest BCUT2D eigenvalue weighted by Crippen LogP contribution is -2.53. The number of hydrogen-bond acceptors (Lipinski definition) is 3. The van der Waals surface area contributed by atoms with Crippen molar-refractivity contribution in [3.63, 3.8) is 0 Å². The summed E-state index contributed by atoms with van der Waals surface area (Å²) >= 11 is 0. The lowest BCUT2D eigenvalue weighted by atomic mass is 9.75. The highest BCUT2D eigenvalue weighted by molar-refractivity contribution is 5.73. The molecule has 0 aliphatic heterocycles. The Morgan fingerprint density at radius 3 is 2.33 bits per heavy atom. The highest BCUT2D eigenvalue weighted by Gasteiger charge is 2.35. The van der Waals surface area contributed by atoms with Crippen molar-refractivity contribution in [3.8, 4) is 0 Å². The molecule has 180 valence electrons. The van der Waals surface area contributed by atoms with Crippen molar-refractivity contribution in [1.82, 2.24) is 10.6 Å². The van der Waals surface area contributed by atoms with E-state index in [0.717, 1.165) is 31.7 Å². The van der Waals surface area contributed by atoms with Crippen LogP contribution in [-0.4, -0.2) is 29.7 Å². The van der Waals surface area contributed by atoms with Crippen molar-refractivity contribution in [2.24, 2.45) is 0 Å². The molecule has 1 fully saturated rings. The minimum atomic E-state index is -0.924. The van der Waals surface area contributed by atoms with E-state index in [9.17, 15) is 18.7 Å². The predicted molar refractivity (Wildman–Crippen MR) is 127 cm³/mol. The fraction of sp³-hybridized carbons (Fsp3) is 0.519. The summed E-state index contributed by atoms with van der Waals surface area (Å²) in [6.07, 6.45) is 4.55. The van der Waals surface area contributed by atoms with Gasteiger partial charge < -0.3 is 15.7 Å². The minimum absolute atomic E-state index is 0.132. The Morgan fingerprint density at radius 2 is 1.73 bits per heavy atom. The third-order valence-corrected chi connectivity index (χ3v) is 6.69. The average Bonchev–Trinajstić information content (AvgIpc) is 2.77. The maximum atomic E-state index is 13.7. The summed E-state index contributed by atoms with van der Waals surface area (Å²) in [5, 5.41) is 17.4. The zero-order valence-electron chi connectivity index (χ0n) is 19.8. The molecule has 6 heteroatoms. The molecule has 0 saturated heterocycles. The van der Waals surface area contributed by atoms with Gasteiger partial charge in [-0.05, 0) is 54.0 Å². The second-order valence-electron chi connectivity index (χ2n) is 9.66. The van der Waals surface area contributed by atoms with Crippen LogP contribution in [0.2, 0.25) is 0 Å². The number of benzene rings is 2. The number of aliphatic hydroxyl groups is 1. The van der Waals surface area contributed by atoms with Gasteiger partial charge >= 0.3 is 0 Å². The number of hydrogen-bond donors (Lipinski definition) is 3. The van der Waals surface area contributed by atoms with E-state index in [2.05, 4.69) is 48.7 Å². The van der Waals surface area contributed by atoms with Gasteiger partial charge in [-0.1, -0.05) is 57.4 Å². The first kappa shape index (κ1) is 25.3. The van der Waals surface area contributed by atoms with Crippen LogP contribution in [0.1, 0.15) is 75.5 Å². The molecule has 2 aromatic rings. The average molecular weight is 459 g/mol. The molecule has 1 aliphatic rings. The minimum Gasteiger partial charge on any atom is -0.390 e. The zero-order valence-corrected chi connectivity index (χ0v) is 19.8. The summed E-state index contributed by atoms with van der Waals surface area (Å²) in [7, 11) is 0. The molecular formula is C27H36F2N2O2. The normalized spacial score (nSPS) is 17.5. The van der Waals surface area contributed by atoms with Crippen LogP contribution in [0, 0.1) is 11.6 Å². The summed E-state index contributed by atoms with van der Waals surface area (Å²) in [6.45, 7) is 5.99. The van der Waals surface area contributed by atoms with Crippen LogP contribution >= 0.6 is 0 Å². The zero-order chi connectivity index (χ0) is 24.0. The van der Waals surface area contributed by atoms with E-state index in [4.69, 9.17) is 0 Å². The van der Waals surface area contributed by atoms with Crippen LogP contribution in [0.15, 0.2) is 42.5 Å². The monoisotopic (exact) mass is 458 g/mol. The third-order valence-electron chi connectivity index (χ3n) is 6.69. The van der Waals surface area contributed by atoms with Crippen molar-refractivity contribution in [1.29, 1.82) is 0 Å². The first-order valence-corrected chi connectivity index (χ1v) is 11.9. The molecule has 0 heterocycles. The molecule has 0 aromatic heterocycles. The molecular weight excluding hydrogens is 422 g/mol. The third kappa shape index (κ3) is 6.84. The second kappa shape index (κ2) is 11.2. The van der Waals surface area contributed by atoms with Crippen molar-refractivity contribution in [2.75, 3.05) is 6.54 Å². The van der Waals surface area contributed by atoms with Gasteiger partial charge in [-0.25, -0.2) is 8.78 Å². The number of nitrogens with one attached hydrogen (secondary N) is 2. The first-order chi connectivity index (χ1) is 15.7. The van der Waals surface area contributed by atoms with E-state index in [-0.39, 0.29) is 24.4 Å². The van der Waals surface area contributed by atoms with Crippen molar-refractivity contribution in [3.05, 3.63) is 70.8 Å². The Bertz CT molecular complexity index is 921. The lowest BCUT2D eigenvalue weighted by Gasteiger charge is -2.40. The van der Waals surface area contributed by atoms with Gasteiger partial charge in [0.1, 0.15) is 11.6 Å². The molecule has 2 aromatic carbocycles. The van der Waals surface area contributed by atoms with Gasteiger partial charge in [0.2, 0.25) is 5.91 Å². The van der Waals surface area contributed by atoms with Gasteiger partial charge in [-0.2, -0.15) is 0 Å². The van der Waals surface area contributed by atoms with Crippen LogP contribution in [-0.2, 0) is 16.8 Å². The highest BCUT2D eigenvalue weighted by atomic mass is 19.1. The van der Waals surface area contributed by atoms with Crippen LogP contribution in [0.25, 0.3) is 0 Å².